The number of anilines is 1. The Balaban J connectivity index is 1.52. The maximum absolute atomic E-state index is 5.98. The smallest absolute Gasteiger partial charge is 0.142 e. The number of ether oxygens (including phenoxy) is 3. The number of para-hydroxylation sites is 2. The van der Waals surface area contributed by atoms with Crippen molar-refractivity contribution in [3.05, 3.63) is 54.1 Å². The highest BCUT2D eigenvalue weighted by atomic mass is 16.5. The SMILES string of the molecule is CC(C)COc1ccc(CNc2ccccc2OCC2CCCO2)cc1. The number of hydrogen-bond acceptors (Lipinski definition) is 4. The summed E-state index contributed by atoms with van der Waals surface area (Å²) in [6.07, 6.45) is 2.44. The Kier molecular flexibility index (Phi) is 6.78. The van der Waals surface area contributed by atoms with Crippen molar-refractivity contribution in [3.8, 4) is 11.5 Å². The van der Waals surface area contributed by atoms with Gasteiger partial charge in [-0.3, -0.25) is 0 Å². The minimum Gasteiger partial charge on any atom is -0.493 e. The fraction of sp³-hybridized carbons (Fsp3) is 0.455. The van der Waals surface area contributed by atoms with Crippen molar-refractivity contribution in [1.82, 2.24) is 0 Å². The molecule has 1 saturated heterocycles. The number of nitrogens with one attached hydrogen (secondary N) is 1. The first-order valence-corrected chi connectivity index (χ1v) is 9.50. The van der Waals surface area contributed by atoms with Crippen LogP contribution in [0, 0.1) is 5.92 Å². The molecule has 1 atom stereocenters. The molecule has 3 rings (SSSR count). The van der Waals surface area contributed by atoms with Crippen molar-refractivity contribution < 1.29 is 14.2 Å². The van der Waals surface area contributed by atoms with E-state index in [9.17, 15) is 0 Å². The van der Waals surface area contributed by atoms with E-state index in [1.165, 1.54) is 5.56 Å². The van der Waals surface area contributed by atoms with Crippen LogP contribution in [0.2, 0.25) is 0 Å². The second kappa shape index (κ2) is 9.48. The lowest BCUT2D eigenvalue weighted by molar-refractivity contribution is 0.0682. The molecule has 2 aromatic carbocycles. The Morgan fingerprint density at radius 3 is 2.62 bits per heavy atom. The van der Waals surface area contributed by atoms with Crippen LogP contribution in [0.1, 0.15) is 32.3 Å². The lowest BCUT2D eigenvalue weighted by atomic mass is 10.2. The van der Waals surface area contributed by atoms with Gasteiger partial charge in [-0.05, 0) is 48.6 Å². The van der Waals surface area contributed by atoms with E-state index < -0.39 is 0 Å². The molecule has 26 heavy (non-hydrogen) atoms. The molecule has 1 aliphatic heterocycles. The van der Waals surface area contributed by atoms with Crippen LogP contribution in [0.15, 0.2) is 48.5 Å². The third-order valence-corrected chi connectivity index (χ3v) is 4.33. The predicted molar refractivity (Wildman–Crippen MR) is 105 cm³/mol. The summed E-state index contributed by atoms with van der Waals surface area (Å²) in [6, 6.07) is 16.3. The molecule has 4 nitrogen and oxygen atoms in total. The second-order valence-corrected chi connectivity index (χ2v) is 7.14. The molecule has 1 unspecified atom stereocenters. The quantitative estimate of drug-likeness (QED) is 0.695. The lowest BCUT2D eigenvalue weighted by Crippen LogP contribution is -2.16. The molecule has 1 fully saturated rings. The van der Waals surface area contributed by atoms with Gasteiger partial charge in [0.15, 0.2) is 0 Å². The largest absolute Gasteiger partial charge is 0.493 e. The topological polar surface area (TPSA) is 39.7 Å². The minimum atomic E-state index is 0.224. The molecule has 0 amide bonds. The van der Waals surface area contributed by atoms with Gasteiger partial charge in [-0.1, -0.05) is 38.1 Å². The Bertz CT molecular complexity index is 663. The zero-order valence-electron chi connectivity index (χ0n) is 15.7. The van der Waals surface area contributed by atoms with Gasteiger partial charge in [0, 0.05) is 13.2 Å². The van der Waals surface area contributed by atoms with Gasteiger partial charge in [-0.25, -0.2) is 0 Å². The van der Waals surface area contributed by atoms with Gasteiger partial charge >= 0.3 is 0 Å². The van der Waals surface area contributed by atoms with Crippen LogP contribution in [-0.4, -0.2) is 25.9 Å². The van der Waals surface area contributed by atoms with Gasteiger partial charge in [0.2, 0.25) is 0 Å². The molecule has 0 bridgehead atoms. The van der Waals surface area contributed by atoms with E-state index in [0.717, 1.165) is 49.8 Å². The van der Waals surface area contributed by atoms with Crippen LogP contribution >= 0.6 is 0 Å². The van der Waals surface area contributed by atoms with Gasteiger partial charge in [0.25, 0.3) is 0 Å². The molecular weight excluding hydrogens is 326 g/mol. The molecule has 140 valence electrons. The van der Waals surface area contributed by atoms with E-state index in [0.29, 0.717) is 12.5 Å². The lowest BCUT2D eigenvalue weighted by Gasteiger charge is -2.16. The van der Waals surface area contributed by atoms with E-state index in [4.69, 9.17) is 14.2 Å². The van der Waals surface area contributed by atoms with Crippen LogP contribution in [0.25, 0.3) is 0 Å². The van der Waals surface area contributed by atoms with Crippen molar-refractivity contribution in [1.29, 1.82) is 0 Å². The number of rotatable bonds is 9. The van der Waals surface area contributed by atoms with Crippen molar-refractivity contribution in [3.63, 3.8) is 0 Å². The van der Waals surface area contributed by atoms with E-state index in [2.05, 4.69) is 31.3 Å². The molecule has 0 spiro atoms. The highest BCUT2D eigenvalue weighted by Gasteiger charge is 2.16. The Hall–Kier alpha value is -2.20. The van der Waals surface area contributed by atoms with Crippen LogP contribution in [0.4, 0.5) is 5.69 Å². The van der Waals surface area contributed by atoms with E-state index in [-0.39, 0.29) is 6.10 Å². The molecule has 1 aliphatic rings. The summed E-state index contributed by atoms with van der Waals surface area (Å²) >= 11 is 0. The van der Waals surface area contributed by atoms with Gasteiger partial charge in [0.05, 0.1) is 18.4 Å². The van der Waals surface area contributed by atoms with Gasteiger partial charge in [-0.15, -0.1) is 0 Å². The zero-order chi connectivity index (χ0) is 18.2. The monoisotopic (exact) mass is 355 g/mol. The summed E-state index contributed by atoms with van der Waals surface area (Å²) in [7, 11) is 0. The highest BCUT2D eigenvalue weighted by molar-refractivity contribution is 5.56. The zero-order valence-corrected chi connectivity index (χ0v) is 15.7. The van der Waals surface area contributed by atoms with Crippen LogP contribution in [0.3, 0.4) is 0 Å². The minimum absolute atomic E-state index is 0.224. The second-order valence-electron chi connectivity index (χ2n) is 7.14. The van der Waals surface area contributed by atoms with Crippen molar-refractivity contribution in [2.75, 3.05) is 25.1 Å². The maximum Gasteiger partial charge on any atom is 0.142 e. The molecule has 1 heterocycles. The van der Waals surface area contributed by atoms with Crippen LogP contribution in [0.5, 0.6) is 11.5 Å². The average molecular weight is 355 g/mol. The predicted octanol–water partition coefficient (Wildman–Crippen LogP) is 4.89. The first kappa shape index (κ1) is 18.6. The summed E-state index contributed by atoms with van der Waals surface area (Å²) < 4.78 is 17.3. The molecular formula is C22H29NO3. The van der Waals surface area contributed by atoms with Crippen molar-refractivity contribution in [2.45, 2.75) is 39.3 Å². The van der Waals surface area contributed by atoms with E-state index >= 15 is 0 Å². The summed E-state index contributed by atoms with van der Waals surface area (Å²) in [5.41, 5.74) is 2.21. The van der Waals surface area contributed by atoms with Crippen molar-refractivity contribution >= 4 is 5.69 Å². The molecule has 0 aliphatic carbocycles. The molecule has 0 radical (unpaired) electrons. The number of hydrogen-bond donors (Lipinski definition) is 1. The maximum atomic E-state index is 5.98. The fourth-order valence-electron chi connectivity index (χ4n) is 2.86. The van der Waals surface area contributed by atoms with Crippen LogP contribution < -0.4 is 14.8 Å². The van der Waals surface area contributed by atoms with Gasteiger partial charge in [0.1, 0.15) is 18.1 Å². The van der Waals surface area contributed by atoms with E-state index in [1.54, 1.807) is 0 Å². The first-order valence-electron chi connectivity index (χ1n) is 9.50. The highest BCUT2D eigenvalue weighted by Crippen LogP contribution is 2.26. The Morgan fingerprint density at radius 2 is 1.88 bits per heavy atom. The summed E-state index contributed by atoms with van der Waals surface area (Å²) in [5, 5.41) is 3.47. The summed E-state index contributed by atoms with van der Waals surface area (Å²) in [4.78, 5) is 0. The summed E-state index contributed by atoms with van der Waals surface area (Å²) in [6.45, 7) is 7.25. The first-order chi connectivity index (χ1) is 12.7. The van der Waals surface area contributed by atoms with Crippen LogP contribution in [-0.2, 0) is 11.3 Å². The Labute approximate surface area is 156 Å². The standard InChI is InChI=1S/C22H29NO3/c1-17(2)15-25-19-11-9-18(10-12-19)14-23-21-7-3-4-8-22(21)26-16-20-6-5-13-24-20/h3-4,7-12,17,20,23H,5-6,13-16H2,1-2H3. The fourth-order valence-corrected chi connectivity index (χ4v) is 2.86. The molecule has 2 aromatic rings. The number of benzene rings is 2. The van der Waals surface area contributed by atoms with Crippen molar-refractivity contribution in [2.24, 2.45) is 5.92 Å². The normalized spacial score (nSPS) is 16.7. The summed E-state index contributed by atoms with van der Waals surface area (Å²) in [5.74, 6) is 2.32. The molecule has 0 saturated carbocycles. The van der Waals surface area contributed by atoms with Gasteiger partial charge in [-0.2, -0.15) is 0 Å². The van der Waals surface area contributed by atoms with E-state index in [1.807, 2.05) is 36.4 Å². The Morgan fingerprint density at radius 1 is 1.08 bits per heavy atom. The third kappa shape index (κ3) is 5.67. The molecule has 1 N–H and O–H groups in total. The third-order valence-electron chi connectivity index (χ3n) is 4.33. The molecule has 4 heteroatoms. The average Bonchev–Trinajstić information content (AvgIpc) is 3.18. The van der Waals surface area contributed by atoms with Gasteiger partial charge < -0.3 is 19.5 Å². The molecule has 0 aromatic heterocycles.